The molecule has 1 fully saturated rings. The van der Waals surface area contributed by atoms with Crippen LogP contribution >= 0.6 is 0 Å². The zero-order valence-electron chi connectivity index (χ0n) is 14.2. The molecule has 0 aliphatic carbocycles. The second kappa shape index (κ2) is 6.27. The number of nitrogens with zero attached hydrogens (tertiary/aromatic N) is 3. The molecule has 1 unspecified atom stereocenters. The Bertz CT molecular complexity index is 802. The molecule has 0 spiro atoms. The first kappa shape index (κ1) is 17.1. The van der Waals surface area contributed by atoms with Crippen LogP contribution in [-0.2, 0) is 16.9 Å². The molecule has 0 saturated carbocycles. The number of aromatic nitrogens is 2. The summed E-state index contributed by atoms with van der Waals surface area (Å²) in [5, 5.41) is 6.56. The second-order valence-electron chi connectivity index (χ2n) is 6.29. The number of benzene rings is 1. The van der Waals surface area contributed by atoms with Gasteiger partial charge in [-0.25, -0.2) is 9.18 Å². The van der Waals surface area contributed by atoms with Gasteiger partial charge in [0.25, 0.3) is 5.91 Å². The zero-order valence-corrected chi connectivity index (χ0v) is 14.2. The van der Waals surface area contributed by atoms with E-state index in [2.05, 4.69) is 15.5 Å². The number of rotatable bonds is 5. The highest BCUT2D eigenvalue weighted by Crippen LogP contribution is 2.33. The number of urea groups is 1. The van der Waals surface area contributed by atoms with Crippen LogP contribution in [-0.4, -0.2) is 27.0 Å². The molecule has 2 heterocycles. The Balaban J connectivity index is 1.88. The number of hydrogen-bond acceptors (Lipinski definition) is 5. The van der Waals surface area contributed by atoms with E-state index < -0.39 is 23.3 Å². The van der Waals surface area contributed by atoms with Crippen LogP contribution in [0.4, 0.5) is 9.18 Å². The lowest BCUT2D eigenvalue weighted by Gasteiger charge is -2.25. The third-order valence-electron chi connectivity index (χ3n) is 4.34. The molecule has 1 aliphatic heterocycles. The van der Waals surface area contributed by atoms with Crippen LogP contribution in [0.3, 0.4) is 0 Å². The van der Waals surface area contributed by atoms with E-state index in [1.165, 1.54) is 24.3 Å². The Morgan fingerprint density at radius 2 is 1.96 bits per heavy atom. The van der Waals surface area contributed by atoms with Gasteiger partial charge in [-0.3, -0.25) is 9.69 Å². The van der Waals surface area contributed by atoms with Crippen molar-refractivity contribution in [2.75, 3.05) is 0 Å². The van der Waals surface area contributed by atoms with Crippen molar-refractivity contribution in [1.29, 1.82) is 0 Å². The van der Waals surface area contributed by atoms with E-state index in [9.17, 15) is 14.0 Å². The molecule has 132 valence electrons. The zero-order chi connectivity index (χ0) is 18.2. The van der Waals surface area contributed by atoms with Crippen molar-refractivity contribution < 1.29 is 18.5 Å². The normalized spacial score (nSPS) is 20.4. The average Bonchev–Trinajstić information content (AvgIpc) is 3.15. The standard InChI is InChI=1S/C17H19FN4O3/c1-4-17(11-5-7-12(18)8-6-11)15(23)22(16(24)20-17)9-13-19-14(10(2)3)21-25-13/h5-8,10H,4,9H2,1-3H3,(H,20,24). The predicted octanol–water partition coefficient (Wildman–Crippen LogP) is 2.69. The molecule has 3 amide bonds. The summed E-state index contributed by atoms with van der Waals surface area (Å²) in [6, 6.07) is 5.00. The van der Waals surface area contributed by atoms with Crippen LogP contribution < -0.4 is 5.32 Å². The van der Waals surface area contributed by atoms with Gasteiger partial charge in [-0.2, -0.15) is 4.98 Å². The van der Waals surface area contributed by atoms with Crippen LogP contribution in [0.1, 0.15) is 50.4 Å². The molecule has 2 aromatic rings. The summed E-state index contributed by atoms with van der Waals surface area (Å²) in [6.45, 7) is 5.51. The smallest absolute Gasteiger partial charge is 0.325 e. The monoisotopic (exact) mass is 346 g/mol. The van der Waals surface area contributed by atoms with E-state index in [0.717, 1.165) is 4.90 Å². The highest BCUT2D eigenvalue weighted by Gasteiger charge is 2.51. The number of hydrogen-bond donors (Lipinski definition) is 1. The van der Waals surface area contributed by atoms with Crippen LogP contribution in [0, 0.1) is 5.82 Å². The van der Waals surface area contributed by atoms with Gasteiger partial charge in [-0.1, -0.05) is 38.1 Å². The molecule has 25 heavy (non-hydrogen) atoms. The number of nitrogens with one attached hydrogen (secondary N) is 1. The number of carbonyl (C=O) groups is 2. The quantitative estimate of drug-likeness (QED) is 0.841. The Labute approximate surface area is 144 Å². The Kier molecular flexibility index (Phi) is 4.28. The fourth-order valence-corrected chi connectivity index (χ4v) is 2.85. The van der Waals surface area contributed by atoms with Crippen molar-refractivity contribution in [3.05, 3.63) is 47.4 Å². The summed E-state index contributed by atoms with van der Waals surface area (Å²) in [5.74, 6) is -0.0401. The highest BCUT2D eigenvalue weighted by molar-refractivity contribution is 6.07. The molecule has 1 saturated heterocycles. The van der Waals surface area contributed by atoms with Crippen molar-refractivity contribution in [3.8, 4) is 0 Å². The van der Waals surface area contributed by atoms with E-state index in [1.54, 1.807) is 6.92 Å². The Hall–Kier alpha value is -2.77. The predicted molar refractivity (Wildman–Crippen MR) is 85.8 cm³/mol. The summed E-state index contributed by atoms with van der Waals surface area (Å²) in [5.41, 5.74) is -0.684. The van der Waals surface area contributed by atoms with Gasteiger partial charge in [-0.05, 0) is 24.1 Å². The van der Waals surface area contributed by atoms with Gasteiger partial charge in [0.2, 0.25) is 5.89 Å². The number of imide groups is 1. The molecular formula is C17H19FN4O3. The summed E-state index contributed by atoms with van der Waals surface area (Å²) < 4.78 is 18.3. The first-order valence-electron chi connectivity index (χ1n) is 8.10. The molecule has 8 heteroatoms. The van der Waals surface area contributed by atoms with E-state index in [4.69, 9.17) is 4.52 Å². The summed E-state index contributed by atoms with van der Waals surface area (Å²) in [7, 11) is 0. The first-order chi connectivity index (χ1) is 11.9. The molecular weight excluding hydrogens is 327 g/mol. The summed E-state index contributed by atoms with van der Waals surface area (Å²) in [4.78, 5) is 30.6. The van der Waals surface area contributed by atoms with Gasteiger partial charge in [0.1, 0.15) is 17.9 Å². The number of carbonyl (C=O) groups excluding carboxylic acids is 2. The first-order valence-corrected chi connectivity index (χ1v) is 8.10. The number of amides is 3. The lowest BCUT2D eigenvalue weighted by atomic mass is 9.87. The minimum Gasteiger partial charge on any atom is -0.337 e. The van der Waals surface area contributed by atoms with Gasteiger partial charge in [0, 0.05) is 5.92 Å². The molecule has 1 aliphatic rings. The lowest BCUT2D eigenvalue weighted by Crippen LogP contribution is -2.43. The molecule has 3 rings (SSSR count). The maximum atomic E-state index is 13.2. The Morgan fingerprint density at radius 3 is 2.52 bits per heavy atom. The minimum absolute atomic E-state index is 0.0783. The van der Waals surface area contributed by atoms with Crippen LogP contribution in [0.25, 0.3) is 0 Å². The van der Waals surface area contributed by atoms with Crippen molar-refractivity contribution in [2.24, 2.45) is 0 Å². The lowest BCUT2D eigenvalue weighted by molar-refractivity contribution is -0.132. The van der Waals surface area contributed by atoms with Crippen LogP contribution in [0.5, 0.6) is 0 Å². The third kappa shape index (κ3) is 2.88. The maximum Gasteiger partial charge on any atom is 0.325 e. The molecule has 1 N–H and O–H groups in total. The molecule has 0 bridgehead atoms. The molecule has 1 aromatic heterocycles. The van der Waals surface area contributed by atoms with Crippen molar-refractivity contribution in [1.82, 2.24) is 20.4 Å². The van der Waals surface area contributed by atoms with Gasteiger partial charge >= 0.3 is 6.03 Å². The fraction of sp³-hybridized carbons (Fsp3) is 0.412. The van der Waals surface area contributed by atoms with Crippen LogP contribution in [0.2, 0.25) is 0 Å². The summed E-state index contributed by atoms with van der Waals surface area (Å²) >= 11 is 0. The maximum absolute atomic E-state index is 13.2. The van der Waals surface area contributed by atoms with E-state index in [0.29, 0.717) is 17.8 Å². The second-order valence-corrected chi connectivity index (χ2v) is 6.29. The van der Waals surface area contributed by atoms with Gasteiger partial charge in [0.15, 0.2) is 5.82 Å². The Morgan fingerprint density at radius 1 is 1.28 bits per heavy atom. The topological polar surface area (TPSA) is 88.3 Å². The van der Waals surface area contributed by atoms with Crippen molar-refractivity contribution in [3.63, 3.8) is 0 Å². The van der Waals surface area contributed by atoms with Crippen molar-refractivity contribution in [2.45, 2.75) is 45.2 Å². The SMILES string of the molecule is CCC1(c2ccc(F)cc2)NC(=O)N(Cc2nc(C(C)C)no2)C1=O. The third-order valence-corrected chi connectivity index (χ3v) is 4.34. The van der Waals surface area contributed by atoms with E-state index in [1.807, 2.05) is 13.8 Å². The average molecular weight is 346 g/mol. The van der Waals surface area contributed by atoms with E-state index >= 15 is 0 Å². The molecule has 0 radical (unpaired) electrons. The fourth-order valence-electron chi connectivity index (χ4n) is 2.85. The highest BCUT2D eigenvalue weighted by atomic mass is 19.1. The molecule has 1 aromatic carbocycles. The largest absolute Gasteiger partial charge is 0.337 e. The van der Waals surface area contributed by atoms with Crippen molar-refractivity contribution >= 4 is 11.9 Å². The number of halogens is 1. The summed E-state index contributed by atoms with van der Waals surface area (Å²) in [6.07, 6.45) is 0.334. The van der Waals surface area contributed by atoms with Gasteiger partial charge < -0.3 is 9.84 Å². The molecule has 7 nitrogen and oxygen atoms in total. The van der Waals surface area contributed by atoms with Gasteiger partial charge in [-0.15, -0.1) is 0 Å². The van der Waals surface area contributed by atoms with Gasteiger partial charge in [0.05, 0.1) is 0 Å². The van der Waals surface area contributed by atoms with Crippen LogP contribution in [0.15, 0.2) is 28.8 Å². The minimum atomic E-state index is -1.22. The van der Waals surface area contributed by atoms with E-state index in [-0.39, 0.29) is 18.4 Å². The molecule has 1 atom stereocenters.